The molecule has 0 aromatic heterocycles. The second kappa shape index (κ2) is 4.79. The molecule has 1 spiro atoms. The topological polar surface area (TPSA) is 101 Å². The fraction of sp³-hybridized carbons (Fsp3) is 1.00. The van der Waals surface area contributed by atoms with Gasteiger partial charge >= 0.3 is 0 Å². The third-order valence-electron chi connectivity index (χ3n) is 9.16. The Balaban J connectivity index is 1.86. The van der Waals surface area contributed by atoms with Crippen molar-refractivity contribution in [1.82, 2.24) is 0 Å². The summed E-state index contributed by atoms with van der Waals surface area (Å²) >= 11 is 0. The van der Waals surface area contributed by atoms with Crippen molar-refractivity contribution in [3.63, 3.8) is 0 Å². The molecule has 0 amide bonds. The smallest absolute Gasteiger partial charge is 0.104 e. The summed E-state index contributed by atoms with van der Waals surface area (Å²) in [6.07, 6.45) is 1.91. The molecular weight excluding hydrogens is 320 g/mol. The van der Waals surface area contributed by atoms with Crippen molar-refractivity contribution < 1.29 is 25.5 Å². The molecule has 5 nitrogen and oxygen atoms in total. The third-order valence-corrected chi connectivity index (χ3v) is 9.16. The minimum atomic E-state index is -1.54. The minimum Gasteiger partial charge on any atom is -0.392 e. The molecule has 4 rings (SSSR count). The van der Waals surface area contributed by atoms with E-state index in [0.29, 0.717) is 19.3 Å². The van der Waals surface area contributed by atoms with Crippen LogP contribution in [0.25, 0.3) is 0 Å². The van der Waals surface area contributed by atoms with Crippen LogP contribution in [0.15, 0.2) is 0 Å². The van der Waals surface area contributed by atoms with Gasteiger partial charge in [-0.05, 0) is 69.6 Å². The molecule has 2 bridgehead atoms. The maximum Gasteiger partial charge on any atom is 0.104 e. The zero-order valence-corrected chi connectivity index (χ0v) is 15.9. The first-order chi connectivity index (χ1) is 11.3. The van der Waals surface area contributed by atoms with E-state index in [4.69, 9.17) is 0 Å². The fourth-order valence-corrected chi connectivity index (χ4v) is 7.75. The van der Waals surface area contributed by atoms with Crippen molar-refractivity contribution in [2.75, 3.05) is 0 Å². The Morgan fingerprint density at radius 1 is 0.800 bits per heavy atom. The van der Waals surface area contributed by atoms with Gasteiger partial charge in [0.25, 0.3) is 0 Å². The molecule has 4 fully saturated rings. The highest BCUT2D eigenvalue weighted by Gasteiger charge is 2.74. The normalized spacial score (nSPS) is 63.0. The first-order valence-corrected chi connectivity index (χ1v) is 9.82. The van der Waals surface area contributed by atoms with Crippen molar-refractivity contribution in [3.8, 4) is 0 Å². The van der Waals surface area contributed by atoms with Crippen LogP contribution in [0.2, 0.25) is 0 Å². The Bertz CT molecular complexity index is 585. The van der Waals surface area contributed by atoms with Gasteiger partial charge in [0.1, 0.15) is 5.60 Å². The number of aliphatic hydroxyl groups is 5. The summed E-state index contributed by atoms with van der Waals surface area (Å²) in [6, 6.07) is 0. The monoisotopic (exact) mass is 354 g/mol. The van der Waals surface area contributed by atoms with Gasteiger partial charge in [-0.25, -0.2) is 0 Å². The second-order valence-electron chi connectivity index (χ2n) is 10.7. The largest absolute Gasteiger partial charge is 0.392 e. The third kappa shape index (κ3) is 1.97. The lowest BCUT2D eigenvalue weighted by Crippen LogP contribution is -2.60. The summed E-state index contributed by atoms with van der Waals surface area (Å²) in [5.41, 5.74) is -4.75. The van der Waals surface area contributed by atoms with E-state index in [1.807, 2.05) is 6.92 Å². The number of rotatable bonds is 0. The lowest BCUT2D eigenvalue weighted by Gasteiger charge is -2.49. The van der Waals surface area contributed by atoms with E-state index in [1.165, 1.54) is 0 Å². The summed E-state index contributed by atoms with van der Waals surface area (Å²) in [6.45, 7) is 7.24. The zero-order chi connectivity index (χ0) is 18.6. The zero-order valence-electron chi connectivity index (χ0n) is 15.9. The summed E-state index contributed by atoms with van der Waals surface area (Å²) < 4.78 is 0. The van der Waals surface area contributed by atoms with Gasteiger partial charge in [-0.15, -0.1) is 0 Å². The van der Waals surface area contributed by atoms with Gasteiger partial charge in [-0.3, -0.25) is 0 Å². The Morgan fingerprint density at radius 2 is 1.44 bits per heavy atom. The number of hydrogen-bond acceptors (Lipinski definition) is 5. The standard InChI is InChI=1S/C20H34O5/c1-16(2)14(21)7-13-18(4,24)12-6-5-11-8-19(12,10-17(11,3)23)9-15(22)20(13,16)25/h11-15,21-25H,5-10H2,1-4H3/t11-,12?,13-,14-,15+,17+,18+,19?,20-/m0/s1. The molecule has 0 aliphatic heterocycles. The Morgan fingerprint density at radius 3 is 2.08 bits per heavy atom. The Kier molecular flexibility index (Phi) is 3.49. The van der Waals surface area contributed by atoms with Crippen LogP contribution >= 0.6 is 0 Å². The summed E-state index contributed by atoms with van der Waals surface area (Å²) in [4.78, 5) is 0. The SMILES string of the molecule is CC1(C)[C@@H](O)C[C@@H]2[C@]1(O)[C@H](O)CC13C[C@H](CCC1[C@@]2(C)O)[C@](C)(O)C3. The van der Waals surface area contributed by atoms with E-state index >= 15 is 0 Å². The highest BCUT2D eigenvalue weighted by Crippen LogP contribution is 2.69. The molecule has 0 aromatic rings. The number of aliphatic hydroxyl groups excluding tert-OH is 2. The van der Waals surface area contributed by atoms with Crippen LogP contribution in [0.3, 0.4) is 0 Å². The van der Waals surface area contributed by atoms with E-state index in [9.17, 15) is 25.5 Å². The van der Waals surface area contributed by atoms with Crippen molar-refractivity contribution in [2.24, 2.45) is 28.6 Å². The van der Waals surface area contributed by atoms with Crippen molar-refractivity contribution in [1.29, 1.82) is 0 Å². The predicted molar refractivity (Wildman–Crippen MR) is 92.6 cm³/mol. The van der Waals surface area contributed by atoms with E-state index in [0.717, 1.165) is 19.3 Å². The van der Waals surface area contributed by atoms with Crippen LogP contribution < -0.4 is 0 Å². The molecule has 0 heterocycles. The predicted octanol–water partition coefficient (Wildman–Crippen LogP) is 1.20. The van der Waals surface area contributed by atoms with Crippen LogP contribution in [-0.4, -0.2) is 54.5 Å². The van der Waals surface area contributed by atoms with Crippen LogP contribution in [0.5, 0.6) is 0 Å². The number of fused-ring (bicyclic) bond motifs is 2. The molecule has 4 aliphatic carbocycles. The van der Waals surface area contributed by atoms with Gasteiger partial charge in [0, 0.05) is 11.3 Å². The van der Waals surface area contributed by atoms with Crippen LogP contribution in [0, 0.1) is 28.6 Å². The average Bonchev–Trinajstić information content (AvgIpc) is 2.77. The molecular formula is C20H34O5. The van der Waals surface area contributed by atoms with Crippen LogP contribution in [-0.2, 0) is 0 Å². The van der Waals surface area contributed by atoms with E-state index in [1.54, 1.807) is 20.8 Å². The highest BCUT2D eigenvalue weighted by molar-refractivity contribution is 5.24. The van der Waals surface area contributed by atoms with Crippen LogP contribution in [0.4, 0.5) is 0 Å². The van der Waals surface area contributed by atoms with Gasteiger partial charge in [-0.1, -0.05) is 13.8 Å². The summed E-state index contributed by atoms with van der Waals surface area (Å²) in [7, 11) is 0. The summed E-state index contributed by atoms with van der Waals surface area (Å²) in [5, 5.41) is 56.0. The Hall–Kier alpha value is -0.200. The number of hydrogen-bond donors (Lipinski definition) is 5. The molecule has 0 aromatic carbocycles. The van der Waals surface area contributed by atoms with Crippen LogP contribution in [0.1, 0.15) is 66.2 Å². The summed E-state index contributed by atoms with van der Waals surface area (Å²) in [5.74, 6) is -0.468. The molecule has 9 atom stereocenters. The lowest BCUT2D eigenvalue weighted by molar-refractivity contribution is -0.200. The minimum absolute atomic E-state index is 0.0833. The molecule has 4 aliphatic rings. The lowest BCUT2D eigenvalue weighted by atomic mass is 9.59. The fourth-order valence-electron chi connectivity index (χ4n) is 7.75. The molecule has 4 saturated carbocycles. The molecule has 144 valence electrons. The average molecular weight is 354 g/mol. The van der Waals surface area contributed by atoms with Crippen molar-refractivity contribution in [3.05, 3.63) is 0 Å². The van der Waals surface area contributed by atoms with Gasteiger partial charge in [0.15, 0.2) is 0 Å². The second-order valence-corrected chi connectivity index (χ2v) is 10.7. The maximum atomic E-state index is 11.7. The molecule has 25 heavy (non-hydrogen) atoms. The van der Waals surface area contributed by atoms with Gasteiger partial charge < -0.3 is 25.5 Å². The maximum absolute atomic E-state index is 11.7. The van der Waals surface area contributed by atoms with Gasteiger partial charge in [-0.2, -0.15) is 0 Å². The molecule has 5 N–H and O–H groups in total. The van der Waals surface area contributed by atoms with Crippen molar-refractivity contribution in [2.45, 2.75) is 95.2 Å². The quantitative estimate of drug-likeness (QED) is 0.450. The molecule has 2 unspecified atom stereocenters. The first kappa shape index (κ1) is 18.2. The van der Waals surface area contributed by atoms with E-state index in [2.05, 4.69) is 0 Å². The van der Waals surface area contributed by atoms with E-state index in [-0.39, 0.29) is 17.3 Å². The molecule has 5 heteroatoms. The van der Waals surface area contributed by atoms with Gasteiger partial charge in [0.2, 0.25) is 0 Å². The highest BCUT2D eigenvalue weighted by atomic mass is 16.4. The molecule has 0 saturated heterocycles. The van der Waals surface area contributed by atoms with Crippen molar-refractivity contribution >= 4 is 0 Å². The van der Waals surface area contributed by atoms with Gasteiger partial charge in [0.05, 0.1) is 23.4 Å². The molecule has 0 radical (unpaired) electrons. The van der Waals surface area contributed by atoms with E-state index < -0.39 is 40.3 Å². The Labute approximate surface area is 150 Å². The first-order valence-electron chi connectivity index (χ1n) is 9.82.